The molecule has 5 nitrogen and oxygen atoms in total. The summed E-state index contributed by atoms with van der Waals surface area (Å²) in [4.78, 5) is 8.04. The van der Waals surface area contributed by atoms with E-state index in [9.17, 15) is 0 Å². The van der Waals surface area contributed by atoms with E-state index in [1.807, 2.05) is 24.3 Å². The molecule has 0 fully saturated rings. The lowest BCUT2D eigenvalue weighted by Crippen LogP contribution is -2.18. The maximum atomic E-state index is 8.79. The molecule has 2 rings (SSSR count). The molecule has 0 radical (unpaired) electrons. The topological polar surface area (TPSA) is 84.9 Å². The first-order chi connectivity index (χ1) is 9.29. The molecule has 0 aliphatic carbocycles. The maximum absolute atomic E-state index is 8.79. The van der Waals surface area contributed by atoms with E-state index in [1.54, 1.807) is 24.7 Å². The zero-order chi connectivity index (χ0) is 13.5. The Balaban J connectivity index is 1.97. The highest BCUT2D eigenvalue weighted by atomic mass is 14.9. The lowest BCUT2D eigenvalue weighted by Gasteiger charge is -2.09. The van der Waals surface area contributed by atoms with Crippen molar-refractivity contribution < 1.29 is 0 Å². The van der Waals surface area contributed by atoms with E-state index >= 15 is 0 Å². The Hall–Kier alpha value is -2.74. The third kappa shape index (κ3) is 3.61. The van der Waals surface area contributed by atoms with E-state index in [4.69, 9.17) is 10.7 Å². The number of aromatic nitrogens is 1. The second-order valence-corrected chi connectivity index (χ2v) is 3.93. The summed E-state index contributed by atoms with van der Waals surface area (Å²) in [5.74, 6) is 0.170. The SMILES string of the molecule is N#CC1=CC(C(=N)N=CCc2ccncc2)=CCN1. The van der Waals surface area contributed by atoms with Gasteiger partial charge in [0.2, 0.25) is 0 Å². The van der Waals surface area contributed by atoms with Gasteiger partial charge in [0.05, 0.1) is 0 Å². The van der Waals surface area contributed by atoms with Crippen LogP contribution in [-0.4, -0.2) is 23.6 Å². The summed E-state index contributed by atoms with van der Waals surface area (Å²) in [7, 11) is 0. The van der Waals surface area contributed by atoms with Crippen LogP contribution in [0.1, 0.15) is 5.56 Å². The molecule has 0 saturated carbocycles. The van der Waals surface area contributed by atoms with E-state index in [0.29, 0.717) is 24.2 Å². The summed E-state index contributed by atoms with van der Waals surface area (Å²) in [5, 5.41) is 19.5. The van der Waals surface area contributed by atoms with Gasteiger partial charge in [-0.2, -0.15) is 5.26 Å². The predicted molar refractivity (Wildman–Crippen MR) is 73.9 cm³/mol. The van der Waals surface area contributed by atoms with Crippen LogP contribution in [0.4, 0.5) is 0 Å². The molecule has 1 aromatic rings. The molecule has 94 valence electrons. The Bertz CT molecular complexity index is 590. The number of amidine groups is 1. The van der Waals surface area contributed by atoms with Crippen LogP contribution in [0.3, 0.4) is 0 Å². The first kappa shape index (κ1) is 12.7. The Morgan fingerprint density at radius 2 is 2.32 bits per heavy atom. The average molecular weight is 251 g/mol. The third-order valence-corrected chi connectivity index (χ3v) is 2.60. The second-order valence-electron chi connectivity index (χ2n) is 3.93. The van der Waals surface area contributed by atoms with Crippen LogP contribution in [-0.2, 0) is 6.42 Å². The number of pyridine rings is 1. The highest BCUT2D eigenvalue weighted by Gasteiger charge is 2.07. The molecule has 0 saturated heterocycles. The summed E-state index contributed by atoms with van der Waals surface area (Å²) in [6.07, 6.45) is 9.28. The Kier molecular flexibility index (Phi) is 4.19. The van der Waals surface area contributed by atoms with Gasteiger partial charge in [0.25, 0.3) is 0 Å². The number of nitrogens with zero attached hydrogens (tertiary/aromatic N) is 3. The van der Waals surface area contributed by atoms with Gasteiger partial charge in [0, 0.05) is 37.1 Å². The van der Waals surface area contributed by atoms with E-state index < -0.39 is 0 Å². The van der Waals surface area contributed by atoms with Crippen molar-refractivity contribution in [2.45, 2.75) is 6.42 Å². The standard InChI is InChI=1S/C14H13N5/c15-10-13-9-12(4-8-18-13)14(16)19-7-3-11-1-5-17-6-2-11/h1-2,4-7,9,16,18H,3,8H2. The minimum atomic E-state index is 0.170. The van der Waals surface area contributed by atoms with Crippen LogP contribution in [0, 0.1) is 16.7 Å². The monoisotopic (exact) mass is 251 g/mol. The van der Waals surface area contributed by atoms with Crippen LogP contribution in [0.2, 0.25) is 0 Å². The van der Waals surface area contributed by atoms with Crippen molar-refractivity contribution in [1.82, 2.24) is 10.3 Å². The molecule has 5 heteroatoms. The molecule has 0 bridgehead atoms. The number of allylic oxidation sites excluding steroid dienone is 1. The molecule has 2 heterocycles. The lowest BCUT2D eigenvalue weighted by molar-refractivity contribution is 0.919. The summed E-state index contributed by atoms with van der Waals surface area (Å²) >= 11 is 0. The largest absolute Gasteiger partial charge is 0.373 e. The molecular formula is C14H13N5. The van der Waals surface area contributed by atoms with E-state index in [0.717, 1.165) is 5.56 Å². The number of dihydropyridines is 1. The Morgan fingerprint density at radius 1 is 1.53 bits per heavy atom. The van der Waals surface area contributed by atoms with Gasteiger partial charge in [-0.1, -0.05) is 6.08 Å². The molecule has 0 spiro atoms. The van der Waals surface area contributed by atoms with Gasteiger partial charge in [-0.3, -0.25) is 10.4 Å². The number of nitrogens with one attached hydrogen (secondary N) is 2. The summed E-state index contributed by atoms with van der Waals surface area (Å²) in [5.41, 5.74) is 2.23. The van der Waals surface area contributed by atoms with Crippen LogP contribution in [0.5, 0.6) is 0 Å². The molecule has 2 N–H and O–H groups in total. The molecule has 19 heavy (non-hydrogen) atoms. The molecular weight excluding hydrogens is 238 g/mol. The van der Waals surface area contributed by atoms with Crippen molar-refractivity contribution in [1.29, 1.82) is 10.7 Å². The number of rotatable bonds is 3. The smallest absolute Gasteiger partial charge is 0.151 e. The molecule has 1 aliphatic rings. The van der Waals surface area contributed by atoms with Crippen LogP contribution >= 0.6 is 0 Å². The number of hydrogen-bond donors (Lipinski definition) is 2. The lowest BCUT2D eigenvalue weighted by atomic mass is 10.1. The predicted octanol–water partition coefficient (Wildman–Crippen LogP) is 1.61. The van der Waals surface area contributed by atoms with E-state index in [2.05, 4.69) is 15.3 Å². The number of aliphatic imine (C=N–C) groups is 1. The number of nitriles is 1. The van der Waals surface area contributed by atoms with Crippen molar-refractivity contribution in [2.75, 3.05) is 6.54 Å². The van der Waals surface area contributed by atoms with Crippen molar-refractivity contribution in [3.63, 3.8) is 0 Å². The van der Waals surface area contributed by atoms with Gasteiger partial charge in [-0.25, -0.2) is 4.99 Å². The average Bonchev–Trinajstić information content (AvgIpc) is 2.48. The van der Waals surface area contributed by atoms with Gasteiger partial charge >= 0.3 is 0 Å². The molecule has 0 amide bonds. The van der Waals surface area contributed by atoms with Gasteiger partial charge in [-0.05, 0) is 23.8 Å². The zero-order valence-electron chi connectivity index (χ0n) is 10.3. The van der Waals surface area contributed by atoms with Crippen LogP contribution < -0.4 is 5.32 Å². The minimum Gasteiger partial charge on any atom is -0.373 e. The normalized spacial score (nSPS) is 14.3. The fraction of sp³-hybridized carbons (Fsp3) is 0.143. The van der Waals surface area contributed by atoms with Gasteiger partial charge in [0.1, 0.15) is 11.8 Å². The van der Waals surface area contributed by atoms with Crippen molar-refractivity contribution in [2.24, 2.45) is 4.99 Å². The molecule has 0 atom stereocenters. The summed E-state index contributed by atoms with van der Waals surface area (Å²) in [6, 6.07) is 5.84. The highest BCUT2D eigenvalue weighted by molar-refractivity contribution is 6.03. The molecule has 1 aliphatic heterocycles. The van der Waals surface area contributed by atoms with E-state index in [1.165, 1.54) is 0 Å². The molecule has 0 unspecified atom stereocenters. The van der Waals surface area contributed by atoms with Crippen LogP contribution in [0.15, 0.2) is 52.9 Å². The fourth-order valence-corrected chi connectivity index (χ4v) is 1.61. The zero-order valence-corrected chi connectivity index (χ0v) is 10.3. The van der Waals surface area contributed by atoms with Gasteiger partial charge in [-0.15, -0.1) is 0 Å². The van der Waals surface area contributed by atoms with Gasteiger partial charge in [0.15, 0.2) is 5.84 Å². The second kappa shape index (κ2) is 6.26. The summed E-state index contributed by atoms with van der Waals surface area (Å²) < 4.78 is 0. The Labute approximate surface area is 111 Å². The third-order valence-electron chi connectivity index (χ3n) is 2.60. The van der Waals surface area contributed by atoms with Crippen molar-refractivity contribution >= 4 is 12.1 Å². The summed E-state index contributed by atoms with van der Waals surface area (Å²) in [6.45, 7) is 0.553. The minimum absolute atomic E-state index is 0.170. The first-order valence-corrected chi connectivity index (χ1v) is 5.86. The van der Waals surface area contributed by atoms with Crippen molar-refractivity contribution in [3.8, 4) is 6.07 Å². The van der Waals surface area contributed by atoms with Crippen molar-refractivity contribution in [3.05, 3.63) is 53.5 Å². The Morgan fingerprint density at radius 3 is 3.05 bits per heavy atom. The highest BCUT2D eigenvalue weighted by Crippen LogP contribution is 2.07. The van der Waals surface area contributed by atoms with E-state index in [-0.39, 0.29) is 5.84 Å². The van der Waals surface area contributed by atoms with Gasteiger partial charge < -0.3 is 5.32 Å². The quantitative estimate of drug-likeness (QED) is 0.632. The van der Waals surface area contributed by atoms with Crippen LogP contribution in [0.25, 0.3) is 0 Å². The fourth-order valence-electron chi connectivity index (χ4n) is 1.61. The first-order valence-electron chi connectivity index (χ1n) is 5.86. The number of hydrogen-bond acceptors (Lipinski definition) is 4. The molecule has 0 aromatic carbocycles. The maximum Gasteiger partial charge on any atom is 0.151 e. The molecule has 1 aromatic heterocycles.